The first-order chi connectivity index (χ1) is 5.22. The van der Waals surface area contributed by atoms with Crippen LogP contribution in [0.1, 0.15) is 23.4 Å². The smallest absolute Gasteiger partial charge is 0.217 e. The zero-order valence-electron chi connectivity index (χ0n) is 6.04. The first-order valence-electron chi connectivity index (χ1n) is 3.60. The lowest BCUT2D eigenvalue weighted by molar-refractivity contribution is 0.0921. The van der Waals surface area contributed by atoms with E-state index in [2.05, 4.69) is 0 Å². The fourth-order valence-corrected chi connectivity index (χ4v) is 1.01. The van der Waals surface area contributed by atoms with Gasteiger partial charge in [0, 0.05) is 0 Å². The lowest BCUT2D eigenvalue weighted by atomic mass is 10.1. The van der Waals surface area contributed by atoms with Gasteiger partial charge in [-0.2, -0.15) is 0 Å². The molecule has 58 valence electrons. The number of furan rings is 1. The van der Waals surface area contributed by atoms with Gasteiger partial charge in [-0.25, -0.2) is 0 Å². The molecular weight excluding hydrogens is 142 g/mol. The molecule has 0 saturated heterocycles. The van der Waals surface area contributed by atoms with E-state index >= 15 is 0 Å². The molecule has 1 saturated carbocycles. The van der Waals surface area contributed by atoms with Crippen LogP contribution in [0.2, 0.25) is 0 Å². The van der Waals surface area contributed by atoms with E-state index in [0.717, 1.165) is 12.8 Å². The van der Waals surface area contributed by atoms with E-state index in [4.69, 9.17) is 10.2 Å². The highest BCUT2D eigenvalue weighted by Crippen LogP contribution is 2.35. The molecule has 0 aliphatic heterocycles. The summed E-state index contributed by atoms with van der Waals surface area (Å²) in [6.07, 6.45) is 3.05. The van der Waals surface area contributed by atoms with Crippen LogP contribution in [0.15, 0.2) is 22.8 Å². The number of Topliss-reactive ketones (excluding diaryl/α,β-unsaturated/α-hetero) is 1. The summed E-state index contributed by atoms with van der Waals surface area (Å²) in [7, 11) is 0. The topological polar surface area (TPSA) is 56.2 Å². The van der Waals surface area contributed by atoms with Gasteiger partial charge >= 0.3 is 0 Å². The van der Waals surface area contributed by atoms with E-state index in [0.29, 0.717) is 5.76 Å². The molecule has 1 aromatic heterocycles. The van der Waals surface area contributed by atoms with Crippen LogP contribution in [-0.2, 0) is 0 Å². The predicted molar refractivity (Wildman–Crippen MR) is 39.2 cm³/mol. The van der Waals surface area contributed by atoms with Crippen molar-refractivity contribution in [3.8, 4) is 0 Å². The minimum atomic E-state index is -0.599. The average molecular weight is 151 g/mol. The Hall–Kier alpha value is -1.09. The summed E-state index contributed by atoms with van der Waals surface area (Å²) in [5.41, 5.74) is 5.07. The van der Waals surface area contributed by atoms with Crippen molar-refractivity contribution in [2.75, 3.05) is 0 Å². The van der Waals surface area contributed by atoms with E-state index in [1.165, 1.54) is 6.26 Å². The molecule has 3 nitrogen and oxygen atoms in total. The van der Waals surface area contributed by atoms with Gasteiger partial charge in [0.25, 0.3) is 0 Å². The van der Waals surface area contributed by atoms with E-state index in [-0.39, 0.29) is 5.78 Å². The molecule has 0 radical (unpaired) electrons. The Morgan fingerprint density at radius 2 is 2.36 bits per heavy atom. The summed E-state index contributed by atoms with van der Waals surface area (Å²) in [6, 6.07) is 3.34. The number of carbonyl (C=O) groups is 1. The normalized spacial score (nSPS) is 19.7. The van der Waals surface area contributed by atoms with Gasteiger partial charge < -0.3 is 10.2 Å². The SMILES string of the molecule is NC1(C(=O)c2ccco2)CC1. The van der Waals surface area contributed by atoms with Crippen LogP contribution < -0.4 is 5.73 Å². The van der Waals surface area contributed by atoms with E-state index in [9.17, 15) is 4.79 Å². The molecule has 1 aliphatic rings. The van der Waals surface area contributed by atoms with E-state index in [1.807, 2.05) is 0 Å². The quantitative estimate of drug-likeness (QED) is 0.640. The second-order valence-corrected chi connectivity index (χ2v) is 2.96. The first kappa shape index (κ1) is 6.61. The van der Waals surface area contributed by atoms with E-state index in [1.54, 1.807) is 12.1 Å². The summed E-state index contributed by atoms with van der Waals surface area (Å²) < 4.78 is 4.93. The summed E-state index contributed by atoms with van der Waals surface area (Å²) in [5, 5.41) is 0. The molecule has 11 heavy (non-hydrogen) atoms. The van der Waals surface area contributed by atoms with Gasteiger partial charge in [-0.05, 0) is 25.0 Å². The molecule has 0 spiro atoms. The molecule has 1 aliphatic carbocycles. The molecule has 1 heterocycles. The van der Waals surface area contributed by atoms with Gasteiger partial charge in [0.05, 0.1) is 11.8 Å². The Kier molecular flexibility index (Phi) is 1.17. The Balaban J connectivity index is 2.24. The minimum Gasteiger partial charge on any atom is -0.461 e. The molecule has 1 fully saturated rings. The summed E-state index contributed by atoms with van der Waals surface area (Å²) in [4.78, 5) is 11.4. The maximum absolute atomic E-state index is 11.4. The second-order valence-electron chi connectivity index (χ2n) is 2.96. The molecule has 1 aromatic rings. The molecule has 3 heteroatoms. The highest BCUT2D eigenvalue weighted by atomic mass is 16.3. The van der Waals surface area contributed by atoms with Gasteiger partial charge in [-0.3, -0.25) is 4.79 Å². The monoisotopic (exact) mass is 151 g/mol. The summed E-state index contributed by atoms with van der Waals surface area (Å²) in [5.74, 6) is 0.313. The van der Waals surface area contributed by atoms with Crippen molar-refractivity contribution in [3.05, 3.63) is 24.2 Å². The predicted octanol–water partition coefficient (Wildman–Crippen LogP) is 0.954. The van der Waals surface area contributed by atoms with Crippen LogP contribution in [0.25, 0.3) is 0 Å². The van der Waals surface area contributed by atoms with Crippen LogP contribution >= 0.6 is 0 Å². The van der Waals surface area contributed by atoms with Crippen LogP contribution in [0.4, 0.5) is 0 Å². The van der Waals surface area contributed by atoms with Crippen molar-refractivity contribution in [1.29, 1.82) is 0 Å². The highest BCUT2D eigenvalue weighted by molar-refractivity contribution is 6.02. The number of carbonyl (C=O) groups excluding carboxylic acids is 1. The van der Waals surface area contributed by atoms with Crippen molar-refractivity contribution < 1.29 is 9.21 Å². The summed E-state index contributed by atoms with van der Waals surface area (Å²) in [6.45, 7) is 0. The molecule has 0 atom stereocenters. The first-order valence-corrected chi connectivity index (χ1v) is 3.60. The molecular formula is C8H9NO2. The molecule has 2 N–H and O–H groups in total. The lowest BCUT2D eigenvalue weighted by Gasteiger charge is -2.02. The number of hydrogen-bond donors (Lipinski definition) is 1. The van der Waals surface area contributed by atoms with Crippen molar-refractivity contribution in [3.63, 3.8) is 0 Å². The third-order valence-corrected chi connectivity index (χ3v) is 1.99. The standard InChI is InChI=1S/C8H9NO2/c9-8(3-4-8)7(10)6-2-1-5-11-6/h1-2,5H,3-4,9H2. The van der Waals surface area contributed by atoms with Gasteiger partial charge in [0.2, 0.25) is 5.78 Å². The fourth-order valence-electron chi connectivity index (χ4n) is 1.01. The molecule has 0 amide bonds. The van der Waals surface area contributed by atoms with Gasteiger partial charge in [0.15, 0.2) is 5.76 Å². The summed E-state index contributed by atoms with van der Waals surface area (Å²) >= 11 is 0. The fraction of sp³-hybridized carbons (Fsp3) is 0.375. The zero-order valence-corrected chi connectivity index (χ0v) is 6.04. The van der Waals surface area contributed by atoms with Crippen LogP contribution in [0.3, 0.4) is 0 Å². The lowest BCUT2D eigenvalue weighted by Crippen LogP contribution is -2.32. The van der Waals surface area contributed by atoms with Crippen LogP contribution in [0, 0.1) is 0 Å². The Morgan fingerprint density at radius 3 is 2.82 bits per heavy atom. The third kappa shape index (κ3) is 0.973. The van der Waals surface area contributed by atoms with Crippen LogP contribution in [0.5, 0.6) is 0 Å². The largest absolute Gasteiger partial charge is 0.461 e. The Labute approximate surface area is 64.2 Å². The second kappa shape index (κ2) is 1.95. The third-order valence-electron chi connectivity index (χ3n) is 1.99. The maximum atomic E-state index is 11.4. The van der Waals surface area contributed by atoms with Crippen LogP contribution in [-0.4, -0.2) is 11.3 Å². The van der Waals surface area contributed by atoms with Gasteiger partial charge in [-0.15, -0.1) is 0 Å². The number of hydrogen-bond acceptors (Lipinski definition) is 3. The Morgan fingerprint density at radius 1 is 1.64 bits per heavy atom. The van der Waals surface area contributed by atoms with Crippen molar-refractivity contribution in [2.24, 2.45) is 5.73 Å². The molecule has 0 unspecified atom stereocenters. The molecule has 2 rings (SSSR count). The van der Waals surface area contributed by atoms with E-state index < -0.39 is 5.54 Å². The molecule has 0 bridgehead atoms. The maximum Gasteiger partial charge on any atom is 0.217 e. The van der Waals surface area contributed by atoms with Crippen molar-refractivity contribution in [1.82, 2.24) is 0 Å². The zero-order chi connectivity index (χ0) is 7.90. The molecule has 0 aromatic carbocycles. The highest BCUT2D eigenvalue weighted by Gasteiger charge is 2.47. The Bertz CT molecular complexity index is 272. The number of rotatable bonds is 2. The van der Waals surface area contributed by atoms with Gasteiger partial charge in [0.1, 0.15) is 0 Å². The van der Waals surface area contributed by atoms with Gasteiger partial charge in [-0.1, -0.05) is 0 Å². The number of ketones is 1. The minimum absolute atomic E-state index is 0.0671. The van der Waals surface area contributed by atoms with Crippen molar-refractivity contribution >= 4 is 5.78 Å². The average Bonchev–Trinajstić information content (AvgIpc) is 2.54. The van der Waals surface area contributed by atoms with Crippen molar-refractivity contribution in [2.45, 2.75) is 18.4 Å². The number of nitrogens with two attached hydrogens (primary N) is 1.